The van der Waals surface area contributed by atoms with E-state index in [1.165, 1.54) is 0 Å². The van der Waals surface area contributed by atoms with Crippen molar-refractivity contribution in [2.45, 2.75) is 6.42 Å². The minimum absolute atomic E-state index is 0.135. The SMILES string of the molecule is CN(CCc1ccccc1)C(=O)Nc1cc(-c2ccsc2)sc1C(=O)O. The van der Waals surface area contributed by atoms with Crippen molar-refractivity contribution in [3.63, 3.8) is 0 Å². The van der Waals surface area contributed by atoms with Gasteiger partial charge in [0.15, 0.2) is 0 Å². The molecule has 0 aliphatic heterocycles. The zero-order chi connectivity index (χ0) is 18.5. The summed E-state index contributed by atoms with van der Waals surface area (Å²) in [6.07, 6.45) is 0.736. The molecule has 2 N–H and O–H groups in total. The van der Waals surface area contributed by atoms with Crippen LogP contribution in [-0.4, -0.2) is 35.6 Å². The maximum absolute atomic E-state index is 12.4. The highest BCUT2D eigenvalue weighted by atomic mass is 32.1. The van der Waals surface area contributed by atoms with Gasteiger partial charge < -0.3 is 15.3 Å². The molecule has 5 nitrogen and oxygen atoms in total. The normalized spacial score (nSPS) is 10.5. The summed E-state index contributed by atoms with van der Waals surface area (Å²) in [6.45, 7) is 0.541. The van der Waals surface area contributed by atoms with E-state index in [0.29, 0.717) is 12.2 Å². The number of carboxylic acid groups (broad SMARTS) is 1. The van der Waals surface area contributed by atoms with Crippen LogP contribution in [0.5, 0.6) is 0 Å². The Balaban J connectivity index is 1.69. The van der Waals surface area contributed by atoms with Gasteiger partial charge in [0.25, 0.3) is 0 Å². The first-order valence-corrected chi connectivity index (χ1v) is 9.76. The summed E-state index contributed by atoms with van der Waals surface area (Å²) in [6, 6.07) is 13.2. The third kappa shape index (κ3) is 4.30. The number of aromatic carboxylic acids is 1. The Kier molecular flexibility index (Phi) is 5.70. The molecule has 0 spiro atoms. The van der Waals surface area contributed by atoms with Gasteiger partial charge in [-0.25, -0.2) is 9.59 Å². The number of carboxylic acids is 1. The van der Waals surface area contributed by atoms with Crippen molar-refractivity contribution in [2.24, 2.45) is 0 Å². The summed E-state index contributed by atoms with van der Waals surface area (Å²) in [7, 11) is 1.70. The van der Waals surface area contributed by atoms with Crippen LogP contribution < -0.4 is 5.32 Å². The zero-order valence-electron chi connectivity index (χ0n) is 14.1. The number of hydrogen-bond acceptors (Lipinski definition) is 4. The highest BCUT2D eigenvalue weighted by Gasteiger charge is 2.19. The quantitative estimate of drug-likeness (QED) is 0.634. The van der Waals surface area contributed by atoms with Crippen LogP contribution >= 0.6 is 22.7 Å². The van der Waals surface area contributed by atoms with Crippen molar-refractivity contribution < 1.29 is 14.7 Å². The predicted octanol–water partition coefficient (Wildman–Crippen LogP) is 4.88. The first-order valence-electron chi connectivity index (χ1n) is 8.00. The van der Waals surface area contributed by atoms with Gasteiger partial charge in [0.1, 0.15) is 4.88 Å². The standard InChI is InChI=1S/C19H18N2O3S2/c1-21(9-7-13-5-3-2-4-6-13)19(24)20-15-11-16(14-8-10-25-12-14)26-17(15)18(22)23/h2-6,8,10-12H,7,9H2,1H3,(H,20,24)(H,22,23). The van der Waals surface area contributed by atoms with E-state index < -0.39 is 5.97 Å². The van der Waals surface area contributed by atoms with Gasteiger partial charge in [-0.15, -0.1) is 11.3 Å². The van der Waals surface area contributed by atoms with E-state index in [9.17, 15) is 14.7 Å². The first-order chi connectivity index (χ1) is 12.5. The summed E-state index contributed by atoms with van der Waals surface area (Å²) in [4.78, 5) is 26.5. The number of carbonyl (C=O) groups is 2. The maximum Gasteiger partial charge on any atom is 0.348 e. The van der Waals surface area contributed by atoms with Crippen LogP contribution in [0.1, 0.15) is 15.2 Å². The minimum Gasteiger partial charge on any atom is -0.477 e. The summed E-state index contributed by atoms with van der Waals surface area (Å²) in [5.41, 5.74) is 2.44. The summed E-state index contributed by atoms with van der Waals surface area (Å²) in [5.74, 6) is -1.04. The van der Waals surface area contributed by atoms with E-state index in [4.69, 9.17) is 0 Å². The van der Waals surface area contributed by atoms with Gasteiger partial charge in [-0.3, -0.25) is 0 Å². The molecule has 0 bridgehead atoms. The lowest BCUT2D eigenvalue weighted by atomic mass is 10.1. The number of anilines is 1. The van der Waals surface area contributed by atoms with Crippen LogP contribution in [0.25, 0.3) is 10.4 Å². The Hall–Kier alpha value is -2.64. The Bertz CT molecular complexity index is 889. The predicted molar refractivity (Wildman–Crippen MR) is 106 cm³/mol. The fourth-order valence-corrected chi connectivity index (χ4v) is 4.12. The fraction of sp³-hybridized carbons (Fsp3) is 0.158. The second-order valence-electron chi connectivity index (χ2n) is 5.76. The number of benzene rings is 1. The lowest BCUT2D eigenvalue weighted by molar-refractivity contribution is 0.0703. The summed E-state index contributed by atoms with van der Waals surface area (Å²) in [5, 5.41) is 16.0. The van der Waals surface area contributed by atoms with Gasteiger partial charge in [0.05, 0.1) is 5.69 Å². The average molecular weight is 386 g/mol. The monoisotopic (exact) mass is 386 g/mol. The van der Waals surface area contributed by atoms with Crippen LogP contribution in [0.4, 0.5) is 10.5 Å². The molecule has 0 aliphatic rings. The molecule has 26 heavy (non-hydrogen) atoms. The highest BCUT2D eigenvalue weighted by Crippen LogP contribution is 2.35. The van der Waals surface area contributed by atoms with Crippen molar-refractivity contribution in [1.82, 2.24) is 4.90 Å². The molecule has 134 valence electrons. The van der Waals surface area contributed by atoms with Crippen LogP contribution in [0, 0.1) is 0 Å². The van der Waals surface area contributed by atoms with Crippen LogP contribution in [0.3, 0.4) is 0 Å². The average Bonchev–Trinajstić information content (AvgIpc) is 3.30. The van der Waals surface area contributed by atoms with Crippen LogP contribution in [0.2, 0.25) is 0 Å². The van der Waals surface area contributed by atoms with Crippen molar-refractivity contribution in [3.8, 4) is 10.4 Å². The Morgan fingerprint density at radius 1 is 1.19 bits per heavy atom. The largest absolute Gasteiger partial charge is 0.477 e. The molecule has 1 aromatic carbocycles. The molecule has 0 unspecified atom stereocenters. The fourth-order valence-electron chi connectivity index (χ4n) is 2.44. The Morgan fingerprint density at radius 3 is 2.62 bits per heavy atom. The number of carbonyl (C=O) groups excluding carboxylic acids is 1. The molecule has 0 aliphatic carbocycles. The van der Waals surface area contributed by atoms with Crippen molar-refractivity contribution in [1.29, 1.82) is 0 Å². The smallest absolute Gasteiger partial charge is 0.348 e. The van der Waals surface area contributed by atoms with Gasteiger partial charge in [-0.05, 0) is 34.9 Å². The Morgan fingerprint density at radius 2 is 1.96 bits per heavy atom. The van der Waals surface area contributed by atoms with Crippen molar-refractivity contribution in [3.05, 3.63) is 63.7 Å². The molecule has 2 aromatic heterocycles. The third-order valence-electron chi connectivity index (χ3n) is 3.90. The van der Waals surface area contributed by atoms with Crippen molar-refractivity contribution >= 4 is 40.4 Å². The molecule has 2 amide bonds. The summed E-state index contributed by atoms with van der Waals surface area (Å²) >= 11 is 2.71. The molecule has 0 saturated heterocycles. The number of urea groups is 1. The summed E-state index contributed by atoms with van der Waals surface area (Å²) < 4.78 is 0. The highest BCUT2D eigenvalue weighted by molar-refractivity contribution is 7.18. The molecular formula is C19H18N2O3S2. The van der Waals surface area contributed by atoms with Gasteiger partial charge in [-0.1, -0.05) is 30.3 Å². The maximum atomic E-state index is 12.4. The van der Waals surface area contributed by atoms with Gasteiger partial charge in [0, 0.05) is 24.0 Å². The lowest BCUT2D eigenvalue weighted by Gasteiger charge is -2.17. The van der Waals surface area contributed by atoms with Gasteiger partial charge >= 0.3 is 12.0 Å². The van der Waals surface area contributed by atoms with E-state index in [0.717, 1.165) is 33.8 Å². The lowest BCUT2D eigenvalue weighted by Crippen LogP contribution is -2.33. The number of likely N-dealkylation sites (N-methyl/N-ethyl adjacent to an activating group) is 1. The molecule has 0 radical (unpaired) electrons. The number of nitrogens with one attached hydrogen (secondary N) is 1. The van der Waals surface area contributed by atoms with E-state index in [1.807, 2.05) is 47.2 Å². The third-order valence-corrected chi connectivity index (χ3v) is 5.75. The second kappa shape index (κ2) is 8.16. The second-order valence-corrected chi connectivity index (χ2v) is 7.59. The number of amides is 2. The van der Waals surface area contributed by atoms with E-state index in [-0.39, 0.29) is 10.9 Å². The van der Waals surface area contributed by atoms with Gasteiger partial charge in [-0.2, -0.15) is 11.3 Å². The molecular weight excluding hydrogens is 368 g/mol. The molecule has 7 heteroatoms. The van der Waals surface area contributed by atoms with Gasteiger partial charge in [0.2, 0.25) is 0 Å². The molecule has 0 saturated carbocycles. The number of thiophene rings is 2. The van der Waals surface area contributed by atoms with Crippen LogP contribution in [-0.2, 0) is 6.42 Å². The number of hydrogen-bond donors (Lipinski definition) is 2. The molecule has 0 atom stereocenters. The minimum atomic E-state index is -1.04. The zero-order valence-corrected chi connectivity index (χ0v) is 15.8. The van der Waals surface area contributed by atoms with E-state index in [1.54, 1.807) is 29.4 Å². The van der Waals surface area contributed by atoms with E-state index in [2.05, 4.69) is 5.32 Å². The van der Waals surface area contributed by atoms with E-state index >= 15 is 0 Å². The Labute approximate surface area is 159 Å². The number of nitrogens with zero attached hydrogens (tertiary/aromatic N) is 1. The number of rotatable bonds is 6. The first kappa shape index (κ1) is 18.2. The molecule has 2 heterocycles. The topological polar surface area (TPSA) is 69.6 Å². The molecule has 3 aromatic rings. The van der Waals surface area contributed by atoms with Crippen molar-refractivity contribution in [2.75, 3.05) is 18.9 Å². The van der Waals surface area contributed by atoms with Crippen LogP contribution in [0.15, 0.2) is 53.2 Å². The molecule has 0 fully saturated rings. The molecule has 3 rings (SSSR count).